The second kappa shape index (κ2) is 14.7. The zero-order valence-corrected chi connectivity index (χ0v) is 25.0. The molecule has 1 aliphatic carbocycles. The number of carboxylic acid groups (broad SMARTS) is 1. The van der Waals surface area contributed by atoms with Crippen LogP contribution in [0.3, 0.4) is 0 Å². The molecule has 0 unspecified atom stereocenters. The molecule has 6 nitrogen and oxygen atoms in total. The van der Waals surface area contributed by atoms with Crippen molar-refractivity contribution in [1.82, 2.24) is 9.88 Å². The minimum absolute atomic E-state index is 0.0770. The summed E-state index contributed by atoms with van der Waals surface area (Å²) in [5, 5.41) is 8.81. The lowest BCUT2D eigenvalue weighted by molar-refractivity contribution is -0.139. The van der Waals surface area contributed by atoms with Gasteiger partial charge in [0.25, 0.3) is 17.9 Å². The minimum Gasteiger partial charge on any atom is -0.483 e. The summed E-state index contributed by atoms with van der Waals surface area (Å²) in [4.78, 5) is 32.2. The number of nitrogens with one attached hydrogen (secondary N) is 1. The van der Waals surface area contributed by atoms with Crippen LogP contribution in [0.2, 0.25) is 0 Å². The summed E-state index contributed by atoms with van der Waals surface area (Å²) in [6, 6.07) is 6.00. The van der Waals surface area contributed by atoms with Crippen LogP contribution >= 0.6 is 0 Å². The van der Waals surface area contributed by atoms with Crippen LogP contribution in [0.25, 0.3) is 0 Å². The van der Waals surface area contributed by atoms with Gasteiger partial charge in [-0.2, -0.15) is 26.3 Å². The van der Waals surface area contributed by atoms with Gasteiger partial charge in [0.05, 0.1) is 11.1 Å². The third-order valence-electron chi connectivity index (χ3n) is 7.57. The van der Waals surface area contributed by atoms with Crippen LogP contribution in [0.5, 0.6) is 0 Å². The molecule has 1 atom stereocenters. The predicted octanol–water partition coefficient (Wildman–Crippen LogP) is 7.10. The van der Waals surface area contributed by atoms with Gasteiger partial charge < -0.3 is 15.0 Å². The van der Waals surface area contributed by atoms with Gasteiger partial charge in [-0.3, -0.25) is 14.4 Å². The van der Waals surface area contributed by atoms with E-state index >= 15 is 0 Å². The van der Waals surface area contributed by atoms with E-state index in [9.17, 15) is 44.7 Å². The molecule has 0 saturated carbocycles. The van der Waals surface area contributed by atoms with Crippen molar-refractivity contribution in [2.24, 2.45) is 7.05 Å². The van der Waals surface area contributed by atoms with E-state index in [0.29, 0.717) is 12.1 Å². The lowest BCUT2D eigenvalue weighted by atomic mass is 9.87. The van der Waals surface area contributed by atoms with E-state index < -0.39 is 58.1 Å². The Morgan fingerprint density at radius 2 is 1.62 bits per heavy atom. The van der Waals surface area contributed by atoms with E-state index in [1.54, 1.807) is 14.0 Å². The van der Waals surface area contributed by atoms with Crippen molar-refractivity contribution in [2.45, 2.75) is 64.7 Å². The van der Waals surface area contributed by atoms with Crippen molar-refractivity contribution < 1.29 is 49.8 Å². The number of carbonyl (C=O) groups excluding carboxylic acids is 1. The highest BCUT2D eigenvalue weighted by Gasteiger charge is 2.42. The fraction of sp³-hybridized carbons (Fsp3) is 0.387. The van der Waals surface area contributed by atoms with Gasteiger partial charge in [-0.05, 0) is 67.5 Å². The highest BCUT2D eigenvalue weighted by molar-refractivity contribution is 5.94. The number of halogens is 8. The summed E-state index contributed by atoms with van der Waals surface area (Å²) >= 11 is 0. The highest BCUT2D eigenvalue weighted by Crippen LogP contribution is 2.44. The van der Waals surface area contributed by atoms with Crippen LogP contribution < -0.4 is 10.9 Å². The Hall–Kier alpha value is -4.23. The zero-order valence-electron chi connectivity index (χ0n) is 25.0. The molecule has 2 aromatic carbocycles. The molecule has 0 bridgehead atoms. The maximum Gasteiger partial charge on any atom is 0.417 e. The van der Waals surface area contributed by atoms with Crippen LogP contribution in [-0.2, 0) is 37.0 Å². The minimum atomic E-state index is -4.86. The van der Waals surface area contributed by atoms with Gasteiger partial charge in [0.1, 0.15) is 17.2 Å². The second-order valence-electron chi connectivity index (χ2n) is 10.2. The van der Waals surface area contributed by atoms with Crippen LogP contribution in [0, 0.1) is 25.5 Å². The van der Waals surface area contributed by atoms with E-state index in [1.807, 2.05) is 23.5 Å². The molecular formula is C31H32F8N2O4. The first-order chi connectivity index (χ1) is 20.9. The molecule has 1 amide bonds. The molecular weight excluding hydrogens is 616 g/mol. The average molecular weight is 649 g/mol. The van der Waals surface area contributed by atoms with Crippen LogP contribution in [0.1, 0.15) is 80.7 Å². The number of aromatic nitrogens is 1. The lowest BCUT2D eigenvalue weighted by Crippen LogP contribution is -2.31. The van der Waals surface area contributed by atoms with Gasteiger partial charge >= 0.3 is 12.4 Å². The SMILES string of the molecule is CCCc1cccc2c1CC[C@H]2c1c(C(F)(F)F)c(C)c(C)n(C)c1=O.CNC(=O)c1c(F)cc(C(F)(F)F)cc1F.O=CO. The quantitative estimate of drug-likeness (QED) is 0.234. The number of nitrogens with zero attached hydrogens (tertiary/aromatic N) is 1. The molecule has 246 valence electrons. The van der Waals surface area contributed by atoms with Crippen molar-refractivity contribution in [1.29, 1.82) is 0 Å². The molecule has 1 aliphatic rings. The summed E-state index contributed by atoms with van der Waals surface area (Å²) < 4.78 is 106. The van der Waals surface area contributed by atoms with Crippen molar-refractivity contribution >= 4 is 12.4 Å². The number of amides is 1. The fourth-order valence-electron chi connectivity index (χ4n) is 5.38. The standard InChI is InChI=1S/C21H24F3NO.C9H6F5NO.CH2O2/c1-5-7-14-8-6-9-16-15(14)10-11-17(16)18-19(21(22,23)24)12(2)13(3)25(4)20(18)26;1-15-8(16)7-5(10)2-4(3-6(7)11)9(12,13)14;2-1-3/h6,8-9,17H,5,7,10-11H2,1-4H3;2-3H,1H3,(H,15,16);1H,(H,2,3)/t17-;;/m1../s1. The third kappa shape index (κ3) is 8.08. The molecule has 0 fully saturated rings. The van der Waals surface area contributed by atoms with Crippen LogP contribution in [0.4, 0.5) is 35.1 Å². The molecule has 0 spiro atoms. The van der Waals surface area contributed by atoms with Gasteiger partial charge in [0.15, 0.2) is 0 Å². The number of fused-ring (bicyclic) bond motifs is 1. The van der Waals surface area contributed by atoms with E-state index in [0.717, 1.165) is 37.4 Å². The number of alkyl halides is 6. The topological polar surface area (TPSA) is 88.4 Å². The maximum atomic E-state index is 13.9. The first kappa shape index (κ1) is 37.0. The third-order valence-corrected chi connectivity index (χ3v) is 7.57. The Morgan fingerprint density at radius 3 is 2.09 bits per heavy atom. The van der Waals surface area contributed by atoms with E-state index in [4.69, 9.17) is 9.90 Å². The van der Waals surface area contributed by atoms with Gasteiger partial charge in [0, 0.05) is 31.3 Å². The Balaban J connectivity index is 0.000000318. The fourth-order valence-corrected chi connectivity index (χ4v) is 5.38. The number of hydrogen-bond acceptors (Lipinski definition) is 3. The maximum absolute atomic E-state index is 13.9. The highest BCUT2D eigenvalue weighted by atomic mass is 19.4. The molecule has 3 aromatic rings. The number of hydrogen-bond donors (Lipinski definition) is 2. The summed E-state index contributed by atoms with van der Waals surface area (Å²) in [5.74, 6) is -4.71. The lowest BCUT2D eigenvalue weighted by Gasteiger charge is -2.23. The van der Waals surface area contributed by atoms with Crippen molar-refractivity contribution in [3.05, 3.63) is 103 Å². The smallest absolute Gasteiger partial charge is 0.417 e. The van der Waals surface area contributed by atoms with Crippen molar-refractivity contribution in [3.63, 3.8) is 0 Å². The van der Waals surface area contributed by atoms with Gasteiger partial charge in [-0.15, -0.1) is 0 Å². The first-order valence-electron chi connectivity index (χ1n) is 13.6. The second-order valence-corrected chi connectivity index (χ2v) is 10.2. The molecule has 0 aliphatic heterocycles. The van der Waals surface area contributed by atoms with E-state index in [-0.39, 0.29) is 29.7 Å². The average Bonchev–Trinajstić information content (AvgIpc) is 3.37. The molecule has 4 rings (SSSR count). The molecule has 0 saturated heterocycles. The summed E-state index contributed by atoms with van der Waals surface area (Å²) in [6.07, 6.45) is -6.22. The van der Waals surface area contributed by atoms with E-state index in [1.165, 1.54) is 17.1 Å². The molecule has 1 aromatic heterocycles. The zero-order chi connectivity index (χ0) is 34.4. The predicted molar refractivity (Wildman–Crippen MR) is 150 cm³/mol. The Bertz CT molecular complexity index is 1590. The van der Waals surface area contributed by atoms with Crippen LogP contribution in [0.15, 0.2) is 35.1 Å². The number of carbonyl (C=O) groups is 2. The Kier molecular flexibility index (Phi) is 12.1. The Morgan fingerprint density at radius 1 is 1.07 bits per heavy atom. The normalized spacial score (nSPS) is 14.0. The molecule has 45 heavy (non-hydrogen) atoms. The largest absolute Gasteiger partial charge is 0.483 e. The number of aryl methyl sites for hydroxylation is 1. The molecule has 14 heteroatoms. The first-order valence-corrected chi connectivity index (χ1v) is 13.6. The molecule has 1 heterocycles. The van der Waals surface area contributed by atoms with Crippen LogP contribution in [-0.4, -0.2) is 29.1 Å². The number of benzene rings is 2. The molecule has 2 N–H and O–H groups in total. The summed E-state index contributed by atoms with van der Waals surface area (Å²) in [7, 11) is 2.66. The number of rotatable bonds is 4. The van der Waals surface area contributed by atoms with Gasteiger partial charge in [-0.1, -0.05) is 31.5 Å². The van der Waals surface area contributed by atoms with Crippen molar-refractivity contribution in [2.75, 3.05) is 7.05 Å². The summed E-state index contributed by atoms with van der Waals surface area (Å²) in [6.45, 7) is 4.87. The van der Waals surface area contributed by atoms with Crippen molar-refractivity contribution in [3.8, 4) is 0 Å². The Labute approximate surface area is 253 Å². The molecule has 0 radical (unpaired) electrons. The number of pyridine rings is 1. The van der Waals surface area contributed by atoms with Gasteiger partial charge in [-0.25, -0.2) is 8.78 Å². The monoisotopic (exact) mass is 648 g/mol. The van der Waals surface area contributed by atoms with E-state index in [2.05, 4.69) is 6.92 Å². The summed E-state index contributed by atoms with van der Waals surface area (Å²) in [5.41, 5.74) is -0.134. The van der Waals surface area contributed by atoms with Gasteiger partial charge in [0.2, 0.25) is 0 Å².